The van der Waals surface area contributed by atoms with Crippen molar-refractivity contribution in [2.45, 2.75) is 32.6 Å². The van der Waals surface area contributed by atoms with Crippen LogP contribution in [0.1, 0.15) is 32.6 Å². The highest BCUT2D eigenvalue weighted by atomic mass is 16.5. The molecule has 0 heterocycles. The number of esters is 1. The van der Waals surface area contributed by atoms with Crippen LogP contribution < -0.4 is 0 Å². The molecular formula is C11H20O3. The van der Waals surface area contributed by atoms with Crippen LogP contribution in [0.15, 0.2) is 0 Å². The van der Waals surface area contributed by atoms with E-state index in [4.69, 9.17) is 9.47 Å². The Hall–Kier alpha value is -0.570. The van der Waals surface area contributed by atoms with Gasteiger partial charge in [-0.05, 0) is 25.7 Å². The molecule has 14 heavy (non-hydrogen) atoms. The highest BCUT2D eigenvalue weighted by Gasteiger charge is 2.31. The predicted octanol–water partition coefficient (Wildman–Crippen LogP) is 2.00. The second kappa shape index (κ2) is 6.02. The largest absolute Gasteiger partial charge is 0.469 e. The molecule has 1 atom stereocenters. The van der Waals surface area contributed by atoms with Crippen LogP contribution in [0.5, 0.6) is 0 Å². The summed E-state index contributed by atoms with van der Waals surface area (Å²) >= 11 is 0. The zero-order valence-corrected chi connectivity index (χ0v) is 9.12. The Labute approximate surface area is 85.8 Å². The Bertz CT molecular complexity index is 173. The van der Waals surface area contributed by atoms with E-state index >= 15 is 0 Å². The molecule has 1 unspecified atom stereocenters. The lowest BCUT2D eigenvalue weighted by Crippen LogP contribution is -2.28. The molecule has 0 radical (unpaired) electrons. The summed E-state index contributed by atoms with van der Waals surface area (Å²) in [6.45, 7) is 3.14. The van der Waals surface area contributed by atoms with Crippen LogP contribution in [-0.2, 0) is 14.3 Å². The summed E-state index contributed by atoms with van der Waals surface area (Å²) in [6.07, 6.45) is 4.77. The number of rotatable bonds is 5. The Balaban J connectivity index is 2.46. The van der Waals surface area contributed by atoms with Crippen molar-refractivity contribution in [1.29, 1.82) is 0 Å². The van der Waals surface area contributed by atoms with Crippen LogP contribution in [0, 0.1) is 11.8 Å². The monoisotopic (exact) mass is 200 g/mol. The summed E-state index contributed by atoms with van der Waals surface area (Å²) < 4.78 is 10.1. The standard InChI is InChI=1S/C11H20O3/c1-3-14-8-10(11(12)13-2)9-6-4-5-7-9/h9-10H,3-8H2,1-2H3. The van der Waals surface area contributed by atoms with Gasteiger partial charge in [-0.15, -0.1) is 0 Å². The summed E-state index contributed by atoms with van der Waals surface area (Å²) in [7, 11) is 1.45. The highest BCUT2D eigenvalue weighted by molar-refractivity contribution is 5.72. The van der Waals surface area contributed by atoms with E-state index in [1.165, 1.54) is 20.0 Å². The molecule has 0 spiro atoms. The van der Waals surface area contributed by atoms with Gasteiger partial charge in [0.25, 0.3) is 0 Å². The quantitative estimate of drug-likeness (QED) is 0.637. The van der Waals surface area contributed by atoms with Gasteiger partial charge in [-0.1, -0.05) is 12.8 Å². The molecule has 0 aromatic heterocycles. The van der Waals surface area contributed by atoms with E-state index in [0.29, 0.717) is 19.1 Å². The summed E-state index contributed by atoms with van der Waals surface area (Å²) in [5.74, 6) is 0.335. The average Bonchev–Trinajstić information content (AvgIpc) is 2.71. The fraction of sp³-hybridized carbons (Fsp3) is 0.909. The molecule has 1 fully saturated rings. The molecule has 1 rings (SSSR count). The molecule has 1 aliphatic rings. The van der Waals surface area contributed by atoms with Crippen LogP contribution in [0.2, 0.25) is 0 Å². The van der Waals surface area contributed by atoms with E-state index in [2.05, 4.69) is 0 Å². The van der Waals surface area contributed by atoms with E-state index in [1.807, 2.05) is 6.92 Å². The number of methoxy groups -OCH3 is 1. The first-order valence-corrected chi connectivity index (χ1v) is 5.45. The predicted molar refractivity (Wildman–Crippen MR) is 54.0 cm³/mol. The summed E-state index contributed by atoms with van der Waals surface area (Å²) in [5.41, 5.74) is 0. The molecule has 0 N–H and O–H groups in total. The van der Waals surface area contributed by atoms with E-state index in [9.17, 15) is 4.79 Å². The fourth-order valence-corrected chi connectivity index (χ4v) is 2.15. The van der Waals surface area contributed by atoms with E-state index in [-0.39, 0.29) is 11.9 Å². The Morgan fingerprint density at radius 2 is 2.07 bits per heavy atom. The van der Waals surface area contributed by atoms with Crippen LogP contribution in [0.25, 0.3) is 0 Å². The molecule has 1 saturated carbocycles. The van der Waals surface area contributed by atoms with Gasteiger partial charge >= 0.3 is 5.97 Å². The normalized spacial score (nSPS) is 19.6. The first-order chi connectivity index (χ1) is 6.79. The molecule has 0 aromatic rings. The van der Waals surface area contributed by atoms with Crippen molar-refractivity contribution >= 4 is 5.97 Å². The van der Waals surface area contributed by atoms with Crippen molar-refractivity contribution in [2.75, 3.05) is 20.3 Å². The molecule has 3 heteroatoms. The smallest absolute Gasteiger partial charge is 0.311 e. The second-order valence-electron chi connectivity index (χ2n) is 3.83. The third-order valence-corrected chi connectivity index (χ3v) is 2.97. The van der Waals surface area contributed by atoms with Gasteiger partial charge in [-0.25, -0.2) is 0 Å². The van der Waals surface area contributed by atoms with Crippen molar-refractivity contribution in [3.8, 4) is 0 Å². The minimum atomic E-state index is -0.106. The molecule has 0 amide bonds. The Kier molecular flexibility index (Phi) is 4.94. The van der Waals surface area contributed by atoms with Gasteiger partial charge in [0.1, 0.15) is 0 Å². The van der Waals surface area contributed by atoms with Gasteiger partial charge < -0.3 is 9.47 Å². The number of carbonyl (C=O) groups is 1. The van der Waals surface area contributed by atoms with E-state index in [0.717, 1.165) is 12.8 Å². The lowest BCUT2D eigenvalue weighted by atomic mass is 9.91. The van der Waals surface area contributed by atoms with Crippen molar-refractivity contribution in [1.82, 2.24) is 0 Å². The second-order valence-corrected chi connectivity index (χ2v) is 3.83. The Morgan fingerprint density at radius 1 is 1.43 bits per heavy atom. The Morgan fingerprint density at radius 3 is 2.57 bits per heavy atom. The van der Waals surface area contributed by atoms with Crippen molar-refractivity contribution in [2.24, 2.45) is 11.8 Å². The number of hydrogen-bond donors (Lipinski definition) is 0. The minimum absolute atomic E-state index is 0.0394. The van der Waals surface area contributed by atoms with Crippen molar-refractivity contribution in [3.05, 3.63) is 0 Å². The third-order valence-electron chi connectivity index (χ3n) is 2.97. The topological polar surface area (TPSA) is 35.5 Å². The van der Waals surface area contributed by atoms with Crippen LogP contribution in [-0.4, -0.2) is 26.3 Å². The van der Waals surface area contributed by atoms with Crippen LogP contribution >= 0.6 is 0 Å². The van der Waals surface area contributed by atoms with Crippen molar-refractivity contribution < 1.29 is 14.3 Å². The van der Waals surface area contributed by atoms with Gasteiger partial charge in [-0.2, -0.15) is 0 Å². The molecule has 82 valence electrons. The zero-order chi connectivity index (χ0) is 10.4. The summed E-state index contributed by atoms with van der Waals surface area (Å²) in [4.78, 5) is 11.5. The zero-order valence-electron chi connectivity index (χ0n) is 9.12. The van der Waals surface area contributed by atoms with Crippen molar-refractivity contribution in [3.63, 3.8) is 0 Å². The van der Waals surface area contributed by atoms with E-state index in [1.54, 1.807) is 0 Å². The number of hydrogen-bond acceptors (Lipinski definition) is 3. The number of carbonyl (C=O) groups excluding carboxylic acids is 1. The van der Waals surface area contributed by atoms with Gasteiger partial charge in [0.15, 0.2) is 0 Å². The van der Waals surface area contributed by atoms with E-state index < -0.39 is 0 Å². The van der Waals surface area contributed by atoms with Gasteiger partial charge in [-0.3, -0.25) is 4.79 Å². The van der Waals surface area contributed by atoms with Gasteiger partial charge in [0.2, 0.25) is 0 Å². The average molecular weight is 200 g/mol. The van der Waals surface area contributed by atoms with Gasteiger partial charge in [0, 0.05) is 6.61 Å². The molecular weight excluding hydrogens is 180 g/mol. The number of ether oxygens (including phenoxy) is 2. The third kappa shape index (κ3) is 2.98. The minimum Gasteiger partial charge on any atom is -0.469 e. The SMILES string of the molecule is CCOCC(C(=O)OC)C1CCCC1. The van der Waals surface area contributed by atoms with Gasteiger partial charge in [0.05, 0.1) is 19.6 Å². The van der Waals surface area contributed by atoms with Crippen LogP contribution in [0.4, 0.5) is 0 Å². The fourth-order valence-electron chi connectivity index (χ4n) is 2.15. The maximum atomic E-state index is 11.5. The molecule has 0 bridgehead atoms. The molecule has 1 aliphatic carbocycles. The van der Waals surface area contributed by atoms with Crippen LogP contribution in [0.3, 0.4) is 0 Å². The molecule has 3 nitrogen and oxygen atoms in total. The highest BCUT2D eigenvalue weighted by Crippen LogP contribution is 2.32. The lowest BCUT2D eigenvalue weighted by Gasteiger charge is -2.20. The summed E-state index contributed by atoms with van der Waals surface area (Å²) in [6, 6.07) is 0. The maximum absolute atomic E-state index is 11.5. The lowest BCUT2D eigenvalue weighted by molar-refractivity contribution is -0.149. The molecule has 0 aromatic carbocycles. The maximum Gasteiger partial charge on any atom is 0.311 e. The molecule has 0 saturated heterocycles. The first kappa shape index (κ1) is 11.5. The molecule has 0 aliphatic heterocycles. The first-order valence-electron chi connectivity index (χ1n) is 5.45. The summed E-state index contributed by atoms with van der Waals surface area (Å²) in [5, 5.41) is 0.